The topological polar surface area (TPSA) is 6.48 Å². The fourth-order valence-corrected chi connectivity index (χ4v) is 17.0. The van der Waals surface area contributed by atoms with Crippen molar-refractivity contribution in [2.45, 2.75) is 5.41 Å². The van der Waals surface area contributed by atoms with Gasteiger partial charge in [0.05, 0.1) is 5.41 Å². The van der Waals surface area contributed by atoms with Gasteiger partial charge in [0.1, 0.15) is 0 Å². The summed E-state index contributed by atoms with van der Waals surface area (Å²) in [6.07, 6.45) is 0. The van der Waals surface area contributed by atoms with Gasteiger partial charge in [-0.3, -0.25) is 0 Å². The Morgan fingerprint density at radius 1 is 0.141 bits per heavy atom. The average molecular weight is 1260 g/mol. The molecule has 0 N–H and O–H groups in total. The number of hydrogen-bond acceptors (Lipinski definition) is 2. The maximum absolute atomic E-state index is 2.45. The fraction of sp³-hybridized carbons (Fsp3) is 0.0103. The van der Waals surface area contributed by atoms with E-state index in [1.165, 1.54) is 145 Å². The molecule has 16 aromatic rings. The Hall–Kier alpha value is -12.9. The van der Waals surface area contributed by atoms with Gasteiger partial charge in [-0.05, 0) is 229 Å². The predicted molar refractivity (Wildman–Crippen MR) is 414 cm³/mol. The molecule has 0 saturated heterocycles. The first-order valence-electron chi connectivity index (χ1n) is 34.4. The van der Waals surface area contributed by atoms with Crippen LogP contribution in [0.2, 0.25) is 0 Å². The van der Waals surface area contributed by atoms with Gasteiger partial charge in [0.25, 0.3) is 0 Å². The second kappa shape index (κ2) is 22.6. The molecule has 4 aliphatic carbocycles. The first-order valence-corrected chi connectivity index (χ1v) is 34.4. The van der Waals surface area contributed by atoms with Gasteiger partial charge in [-0.1, -0.05) is 303 Å². The van der Waals surface area contributed by atoms with Crippen LogP contribution in [0, 0.1) is 0 Å². The summed E-state index contributed by atoms with van der Waals surface area (Å²) in [5.41, 5.74) is 41.0. The molecule has 0 amide bonds. The summed E-state index contributed by atoms with van der Waals surface area (Å²) in [5, 5.41) is 0. The largest absolute Gasteiger partial charge is 0.310 e. The first kappa shape index (κ1) is 56.5. The highest BCUT2D eigenvalue weighted by Gasteiger charge is 2.39. The third kappa shape index (κ3) is 8.76. The molecule has 99 heavy (non-hydrogen) atoms. The second-order valence-corrected chi connectivity index (χ2v) is 26.5. The van der Waals surface area contributed by atoms with Gasteiger partial charge in [-0.2, -0.15) is 0 Å². The van der Waals surface area contributed by atoms with Crippen molar-refractivity contribution in [3.8, 4) is 134 Å². The molecule has 0 bridgehead atoms. The molecular formula is C97H62N2. The van der Waals surface area contributed by atoms with Gasteiger partial charge < -0.3 is 9.80 Å². The van der Waals surface area contributed by atoms with E-state index in [-0.39, 0.29) is 0 Å². The average Bonchev–Trinajstić information content (AvgIpc) is 0.751. The molecule has 0 aromatic heterocycles. The summed E-state index contributed by atoms with van der Waals surface area (Å²) in [7, 11) is 0. The third-order valence-corrected chi connectivity index (χ3v) is 21.4. The van der Waals surface area contributed by atoms with E-state index in [4.69, 9.17) is 0 Å². The minimum absolute atomic E-state index is 0.747. The van der Waals surface area contributed by atoms with Crippen LogP contribution >= 0.6 is 0 Å². The minimum atomic E-state index is -0.747. The summed E-state index contributed by atoms with van der Waals surface area (Å²) in [4.78, 5) is 4.91. The molecule has 4 aliphatic rings. The lowest BCUT2D eigenvalue weighted by molar-refractivity contribution is 0.745. The summed E-state index contributed by atoms with van der Waals surface area (Å²) in [5.74, 6) is 0. The summed E-state index contributed by atoms with van der Waals surface area (Å²) >= 11 is 0. The van der Waals surface area contributed by atoms with Crippen LogP contribution in [0.3, 0.4) is 0 Å². The molecule has 460 valence electrons. The summed E-state index contributed by atoms with van der Waals surface area (Å²) in [6.45, 7) is 0. The molecule has 0 heterocycles. The standard InChI is InChI=1S/C97H62N2/c1-3-27-67(28-4-1)97(68-29-5-2-6-30-68,69-51-55-71(56-52-69)98(73-31-15-23-63(59-73)77-43-19-47-89-81-35-7-11-39-85(81)93(77)89)74-32-16-24-64(60-74)78-44-20-48-90-82-36-8-12-40-86(82)94(78)90)70-53-57-72(58-54-70)99(75-33-17-25-65(61-75)79-45-21-49-91-83-37-9-13-41-87(83)95(79)91)76-34-18-26-66(62-76)80-46-22-50-92-84-38-10-14-42-88(84)96(80)92/h1-62H. The van der Waals surface area contributed by atoms with Crippen molar-refractivity contribution in [2.24, 2.45) is 0 Å². The lowest BCUT2D eigenvalue weighted by atomic mass is 9.65. The fourth-order valence-electron chi connectivity index (χ4n) is 17.0. The Morgan fingerprint density at radius 2 is 0.354 bits per heavy atom. The Kier molecular flexibility index (Phi) is 12.9. The molecule has 20 rings (SSSR count). The second-order valence-electron chi connectivity index (χ2n) is 26.5. The highest BCUT2D eigenvalue weighted by atomic mass is 15.1. The van der Waals surface area contributed by atoms with Gasteiger partial charge in [0.2, 0.25) is 0 Å². The normalized spacial score (nSPS) is 12.0. The molecule has 0 aliphatic heterocycles. The van der Waals surface area contributed by atoms with Crippen LogP contribution in [0.25, 0.3) is 134 Å². The maximum atomic E-state index is 2.45. The van der Waals surface area contributed by atoms with Gasteiger partial charge in [0.15, 0.2) is 0 Å². The van der Waals surface area contributed by atoms with E-state index in [1.807, 2.05) is 0 Å². The summed E-state index contributed by atoms with van der Waals surface area (Å²) < 4.78 is 0. The zero-order chi connectivity index (χ0) is 65.1. The highest BCUT2D eigenvalue weighted by Crippen LogP contribution is 2.57. The Morgan fingerprint density at radius 3 is 0.626 bits per heavy atom. The van der Waals surface area contributed by atoms with Crippen LogP contribution in [-0.2, 0) is 5.41 Å². The van der Waals surface area contributed by atoms with Gasteiger partial charge in [-0.25, -0.2) is 0 Å². The van der Waals surface area contributed by atoms with Crippen LogP contribution < -0.4 is 9.80 Å². The van der Waals surface area contributed by atoms with Crippen LogP contribution in [0.1, 0.15) is 22.3 Å². The van der Waals surface area contributed by atoms with Crippen LogP contribution in [0.5, 0.6) is 0 Å². The quantitative estimate of drug-likeness (QED) is 0.100. The van der Waals surface area contributed by atoms with Crippen molar-refractivity contribution >= 4 is 34.1 Å². The monoisotopic (exact) mass is 1250 g/mol. The van der Waals surface area contributed by atoms with Crippen molar-refractivity contribution in [3.05, 3.63) is 398 Å². The molecule has 2 nitrogen and oxygen atoms in total. The number of hydrogen-bond donors (Lipinski definition) is 0. The highest BCUT2D eigenvalue weighted by molar-refractivity contribution is 6.12. The van der Waals surface area contributed by atoms with Crippen molar-refractivity contribution < 1.29 is 0 Å². The zero-order valence-corrected chi connectivity index (χ0v) is 54.2. The minimum Gasteiger partial charge on any atom is -0.310 e. The number of fused-ring (bicyclic) bond motifs is 16. The van der Waals surface area contributed by atoms with E-state index in [1.54, 1.807) is 0 Å². The molecule has 2 heteroatoms. The lowest BCUT2D eigenvalue weighted by Crippen LogP contribution is -2.31. The molecule has 0 saturated carbocycles. The van der Waals surface area contributed by atoms with E-state index < -0.39 is 5.41 Å². The molecule has 0 atom stereocenters. The molecule has 0 spiro atoms. The lowest BCUT2D eigenvalue weighted by Gasteiger charge is -2.37. The van der Waals surface area contributed by atoms with Gasteiger partial charge >= 0.3 is 0 Å². The van der Waals surface area contributed by atoms with Crippen LogP contribution in [-0.4, -0.2) is 0 Å². The third-order valence-electron chi connectivity index (χ3n) is 21.4. The Bertz CT molecular complexity index is 5280. The van der Waals surface area contributed by atoms with Gasteiger partial charge in [-0.15, -0.1) is 0 Å². The SMILES string of the molecule is c1ccc(C(c2ccccc2)(c2ccc(N(c3cccc(-c4cccc5c4-c4ccccc4-5)c3)c3cccc(-c4cccc5c4-c4ccccc4-5)c3)cc2)c2ccc(N(c3cccc(-c4cccc5c4-c4ccccc4-5)c3)c3cccc(-c4cccc5c4-c4ccccc4-5)c3)cc2)cc1. The number of nitrogens with zero attached hydrogens (tertiary/aromatic N) is 2. The van der Waals surface area contributed by atoms with E-state index >= 15 is 0 Å². The van der Waals surface area contributed by atoms with E-state index in [9.17, 15) is 0 Å². The zero-order valence-electron chi connectivity index (χ0n) is 54.2. The number of benzene rings is 16. The van der Waals surface area contributed by atoms with Crippen molar-refractivity contribution in [1.82, 2.24) is 0 Å². The van der Waals surface area contributed by atoms with Gasteiger partial charge in [0, 0.05) is 34.1 Å². The van der Waals surface area contributed by atoms with Crippen molar-refractivity contribution in [3.63, 3.8) is 0 Å². The molecular weight excluding hydrogens is 1190 g/mol. The number of rotatable bonds is 14. The van der Waals surface area contributed by atoms with E-state index in [0.29, 0.717) is 0 Å². The molecule has 0 radical (unpaired) electrons. The number of anilines is 6. The first-order chi connectivity index (χ1) is 49.1. The molecule has 0 fully saturated rings. The Labute approximate surface area is 577 Å². The molecule has 16 aromatic carbocycles. The summed E-state index contributed by atoms with van der Waals surface area (Å²) in [6, 6.07) is 140. The van der Waals surface area contributed by atoms with Crippen molar-refractivity contribution in [1.29, 1.82) is 0 Å². The smallest absolute Gasteiger partial charge is 0.0701 e. The van der Waals surface area contributed by atoms with E-state index in [2.05, 4.69) is 386 Å². The maximum Gasteiger partial charge on any atom is 0.0701 e. The molecule has 0 unspecified atom stereocenters. The van der Waals surface area contributed by atoms with Crippen LogP contribution in [0.15, 0.2) is 376 Å². The Balaban J connectivity index is 0.733. The van der Waals surface area contributed by atoms with Crippen molar-refractivity contribution in [2.75, 3.05) is 9.80 Å². The van der Waals surface area contributed by atoms with Crippen LogP contribution in [0.4, 0.5) is 34.1 Å². The predicted octanol–water partition coefficient (Wildman–Crippen LogP) is 26.3. The van der Waals surface area contributed by atoms with E-state index in [0.717, 1.165) is 45.3 Å².